The van der Waals surface area contributed by atoms with Gasteiger partial charge in [-0.1, -0.05) is 17.8 Å². The van der Waals surface area contributed by atoms with Gasteiger partial charge >= 0.3 is 5.97 Å². The number of benzene rings is 1. The second kappa shape index (κ2) is 11.3. The number of rotatable bonds is 9. The SMILES string of the molecule is COC(=O)C1=C(C)N=C2SC=C(CC(=O)NCCc3ccccn3)N2[C@H]1c1cc(OC)ccc1OC. The number of esters is 1. The third-order valence-electron chi connectivity index (χ3n) is 5.91. The molecular formula is C26H28N4O5S. The number of hydrogen-bond donors (Lipinski definition) is 1. The van der Waals surface area contributed by atoms with Crippen LogP contribution in [-0.4, -0.2) is 54.8 Å². The number of fused-ring (bicyclic) bond motifs is 1. The third-order valence-corrected chi connectivity index (χ3v) is 6.80. The Bertz CT molecular complexity index is 1240. The lowest BCUT2D eigenvalue weighted by Gasteiger charge is -2.36. The Morgan fingerprint density at radius 3 is 2.67 bits per heavy atom. The fourth-order valence-corrected chi connectivity index (χ4v) is 5.16. The van der Waals surface area contributed by atoms with Crippen LogP contribution in [0.25, 0.3) is 0 Å². The molecule has 0 aliphatic carbocycles. The normalized spacial score (nSPS) is 16.7. The van der Waals surface area contributed by atoms with E-state index in [0.29, 0.717) is 46.5 Å². The smallest absolute Gasteiger partial charge is 0.338 e. The van der Waals surface area contributed by atoms with Crippen molar-refractivity contribution in [1.29, 1.82) is 0 Å². The van der Waals surface area contributed by atoms with E-state index in [1.165, 1.54) is 18.9 Å². The molecule has 0 saturated carbocycles. The van der Waals surface area contributed by atoms with Crippen molar-refractivity contribution in [2.75, 3.05) is 27.9 Å². The Labute approximate surface area is 214 Å². The zero-order valence-corrected chi connectivity index (χ0v) is 21.4. The average Bonchev–Trinajstić information content (AvgIpc) is 3.29. The largest absolute Gasteiger partial charge is 0.497 e. The Balaban J connectivity index is 1.62. The highest BCUT2D eigenvalue weighted by Gasteiger charge is 2.42. The first-order valence-corrected chi connectivity index (χ1v) is 12.3. The highest BCUT2D eigenvalue weighted by Crippen LogP contribution is 2.47. The van der Waals surface area contributed by atoms with Crippen LogP contribution in [0, 0.1) is 0 Å². The number of pyridine rings is 1. The molecule has 0 saturated heterocycles. The van der Waals surface area contributed by atoms with Gasteiger partial charge < -0.3 is 24.4 Å². The molecule has 1 N–H and O–H groups in total. The van der Waals surface area contributed by atoms with E-state index in [0.717, 1.165) is 11.4 Å². The molecule has 0 bridgehead atoms. The van der Waals surface area contributed by atoms with Crippen LogP contribution in [0.4, 0.5) is 0 Å². The molecule has 1 atom stereocenters. The van der Waals surface area contributed by atoms with Crippen LogP contribution < -0.4 is 14.8 Å². The predicted octanol–water partition coefficient (Wildman–Crippen LogP) is 3.60. The Morgan fingerprint density at radius 1 is 1.14 bits per heavy atom. The Morgan fingerprint density at radius 2 is 1.97 bits per heavy atom. The number of carbonyl (C=O) groups excluding carboxylic acids is 2. The first-order chi connectivity index (χ1) is 17.5. The molecule has 0 unspecified atom stereocenters. The molecule has 1 aromatic carbocycles. The van der Waals surface area contributed by atoms with Crippen molar-refractivity contribution in [3.05, 3.63) is 76.2 Å². The van der Waals surface area contributed by atoms with Crippen molar-refractivity contribution < 1.29 is 23.8 Å². The fraction of sp³-hybridized carbons (Fsp3) is 0.308. The third kappa shape index (κ3) is 5.23. The maximum atomic E-state index is 12.9. The van der Waals surface area contributed by atoms with Gasteiger partial charge in [-0.05, 0) is 42.7 Å². The highest BCUT2D eigenvalue weighted by atomic mass is 32.2. The van der Waals surface area contributed by atoms with Crippen LogP contribution in [0.1, 0.15) is 30.6 Å². The van der Waals surface area contributed by atoms with Crippen LogP contribution in [-0.2, 0) is 20.7 Å². The summed E-state index contributed by atoms with van der Waals surface area (Å²) in [6, 6.07) is 10.5. The Kier molecular flexibility index (Phi) is 7.94. The van der Waals surface area contributed by atoms with E-state index in [9.17, 15) is 9.59 Å². The van der Waals surface area contributed by atoms with Crippen molar-refractivity contribution in [3.63, 3.8) is 0 Å². The number of ether oxygens (including phenoxy) is 3. The molecule has 3 heterocycles. The molecule has 2 aromatic rings. The van der Waals surface area contributed by atoms with Crippen molar-refractivity contribution in [2.45, 2.75) is 25.8 Å². The van der Waals surface area contributed by atoms with E-state index in [1.807, 2.05) is 34.6 Å². The molecule has 0 fully saturated rings. The topological polar surface area (TPSA) is 102 Å². The molecule has 10 heteroatoms. The zero-order chi connectivity index (χ0) is 25.7. The van der Waals surface area contributed by atoms with Crippen molar-refractivity contribution in [2.24, 2.45) is 4.99 Å². The van der Waals surface area contributed by atoms with Gasteiger partial charge in [-0.3, -0.25) is 9.78 Å². The van der Waals surface area contributed by atoms with Crippen LogP contribution >= 0.6 is 11.8 Å². The molecule has 9 nitrogen and oxygen atoms in total. The van der Waals surface area contributed by atoms with E-state index in [2.05, 4.69) is 15.3 Å². The van der Waals surface area contributed by atoms with Crippen LogP contribution in [0.15, 0.2) is 70.0 Å². The maximum Gasteiger partial charge on any atom is 0.338 e. The van der Waals surface area contributed by atoms with E-state index in [-0.39, 0.29) is 12.3 Å². The number of nitrogens with zero attached hydrogens (tertiary/aromatic N) is 3. The first-order valence-electron chi connectivity index (χ1n) is 11.4. The summed E-state index contributed by atoms with van der Waals surface area (Å²) >= 11 is 1.41. The number of aromatic nitrogens is 1. The quantitative estimate of drug-likeness (QED) is 0.513. The van der Waals surface area contributed by atoms with Gasteiger partial charge in [0.2, 0.25) is 5.91 Å². The van der Waals surface area contributed by atoms with E-state index in [4.69, 9.17) is 14.2 Å². The molecule has 2 aliphatic heterocycles. The van der Waals surface area contributed by atoms with Gasteiger partial charge in [0.25, 0.3) is 0 Å². The minimum Gasteiger partial charge on any atom is -0.497 e. The summed E-state index contributed by atoms with van der Waals surface area (Å²) in [5.74, 6) is 0.552. The molecular weight excluding hydrogens is 480 g/mol. The van der Waals surface area contributed by atoms with Gasteiger partial charge in [-0.15, -0.1) is 0 Å². The Hall–Kier alpha value is -3.79. The van der Waals surface area contributed by atoms with Crippen molar-refractivity contribution >= 4 is 28.8 Å². The van der Waals surface area contributed by atoms with Gasteiger partial charge in [0.15, 0.2) is 5.17 Å². The maximum absolute atomic E-state index is 12.9. The molecule has 0 spiro atoms. The minimum atomic E-state index is -0.613. The number of amidine groups is 1. The first kappa shape index (κ1) is 25.3. The van der Waals surface area contributed by atoms with Crippen molar-refractivity contribution in [3.8, 4) is 11.5 Å². The molecule has 188 valence electrons. The number of hydrogen-bond acceptors (Lipinski definition) is 9. The number of allylic oxidation sites excluding steroid dienone is 1. The summed E-state index contributed by atoms with van der Waals surface area (Å²) in [6.45, 7) is 2.25. The number of thioether (sulfide) groups is 1. The lowest BCUT2D eigenvalue weighted by molar-refractivity contribution is -0.136. The average molecular weight is 509 g/mol. The van der Waals surface area contributed by atoms with E-state index >= 15 is 0 Å². The fourth-order valence-electron chi connectivity index (χ4n) is 4.19. The number of nitrogens with one attached hydrogen (secondary N) is 1. The minimum absolute atomic E-state index is 0.116. The van der Waals surface area contributed by atoms with Gasteiger partial charge in [0.05, 0.1) is 45.1 Å². The lowest BCUT2D eigenvalue weighted by Crippen LogP contribution is -2.38. The second-order valence-corrected chi connectivity index (χ2v) is 8.93. The molecule has 36 heavy (non-hydrogen) atoms. The molecule has 1 aromatic heterocycles. The molecule has 4 rings (SSSR count). The standard InChI is InChI=1S/C26H28N4O5S/c1-16-23(25(32)35-4)24(20-14-19(33-2)8-9-21(20)34-3)30-18(15-36-26(30)29-16)13-22(31)28-12-10-17-7-5-6-11-27-17/h5-9,11,14-15,24H,10,12-13H2,1-4H3,(H,28,31)/t24-/m0/s1. The summed E-state index contributed by atoms with van der Waals surface area (Å²) in [5.41, 5.74) is 3.25. The zero-order valence-electron chi connectivity index (χ0n) is 20.6. The lowest BCUT2D eigenvalue weighted by atomic mass is 9.93. The molecule has 2 aliphatic rings. The monoisotopic (exact) mass is 508 g/mol. The van der Waals surface area contributed by atoms with Crippen LogP contribution in [0.3, 0.4) is 0 Å². The van der Waals surface area contributed by atoms with Gasteiger partial charge in [0, 0.05) is 36.1 Å². The number of carbonyl (C=O) groups is 2. The predicted molar refractivity (Wildman–Crippen MR) is 138 cm³/mol. The summed E-state index contributed by atoms with van der Waals surface area (Å²) in [4.78, 5) is 36.7. The van der Waals surface area contributed by atoms with Crippen LogP contribution in [0.5, 0.6) is 11.5 Å². The molecule has 0 radical (unpaired) electrons. The summed E-state index contributed by atoms with van der Waals surface area (Å²) in [7, 11) is 4.49. The second-order valence-electron chi connectivity index (χ2n) is 8.09. The number of methoxy groups -OCH3 is 3. The van der Waals surface area contributed by atoms with Crippen LogP contribution in [0.2, 0.25) is 0 Å². The summed E-state index contributed by atoms with van der Waals surface area (Å²) in [5, 5.41) is 5.52. The van der Waals surface area contributed by atoms with Crippen molar-refractivity contribution in [1.82, 2.24) is 15.2 Å². The number of aliphatic imine (C=N–C) groups is 1. The van der Waals surface area contributed by atoms with E-state index in [1.54, 1.807) is 39.5 Å². The number of amides is 1. The summed E-state index contributed by atoms with van der Waals surface area (Å²) < 4.78 is 16.2. The molecule has 1 amide bonds. The van der Waals surface area contributed by atoms with Gasteiger partial charge in [-0.2, -0.15) is 0 Å². The summed E-state index contributed by atoms with van der Waals surface area (Å²) in [6.07, 6.45) is 2.48. The van der Waals surface area contributed by atoms with Gasteiger partial charge in [0.1, 0.15) is 11.5 Å². The van der Waals surface area contributed by atoms with E-state index < -0.39 is 12.0 Å². The van der Waals surface area contributed by atoms with Gasteiger partial charge in [-0.25, -0.2) is 9.79 Å². The highest BCUT2D eigenvalue weighted by molar-refractivity contribution is 8.16.